The molecule has 0 spiro atoms. The van der Waals surface area contributed by atoms with Crippen LogP contribution in [0, 0.1) is 11.3 Å². The lowest BCUT2D eigenvalue weighted by molar-refractivity contribution is -0.118. The van der Waals surface area contributed by atoms with Gasteiger partial charge in [0.1, 0.15) is 6.07 Å². The van der Waals surface area contributed by atoms with Crippen molar-refractivity contribution in [1.29, 1.82) is 5.26 Å². The third-order valence-electron chi connectivity index (χ3n) is 2.62. The maximum Gasteiger partial charge on any atom is 0.244 e. The number of rotatable bonds is 1. The first-order chi connectivity index (χ1) is 7.63. The number of hydrogen-bond acceptors (Lipinski definition) is 3. The average Bonchev–Trinajstić information content (AvgIpc) is 2.60. The molecule has 0 aromatic heterocycles. The van der Waals surface area contributed by atoms with Crippen LogP contribution < -0.4 is 10.6 Å². The topological polar surface area (TPSA) is 70.1 Å². The number of hydrogen-bond donors (Lipinski definition) is 1. The van der Waals surface area contributed by atoms with Gasteiger partial charge in [-0.3, -0.25) is 4.79 Å². The Morgan fingerprint density at radius 1 is 1.56 bits per heavy atom. The van der Waals surface area contributed by atoms with E-state index in [2.05, 4.69) is 0 Å². The Kier molecular flexibility index (Phi) is 2.82. The minimum absolute atomic E-state index is 0.154. The number of nitrogens with two attached hydrogens (primary N) is 1. The summed E-state index contributed by atoms with van der Waals surface area (Å²) >= 11 is 5.86. The zero-order chi connectivity index (χ0) is 11.7. The Morgan fingerprint density at radius 3 is 2.88 bits per heavy atom. The van der Waals surface area contributed by atoms with Crippen LogP contribution in [0.15, 0.2) is 18.2 Å². The van der Waals surface area contributed by atoms with Gasteiger partial charge in [0.05, 0.1) is 17.3 Å². The van der Waals surface area contributed by atoms with Gasteiger partial charge < -0.3 is 10.6 Å². The van der Waals surface area contributed by atoms with Crippen molar-refractivity contribution >= 4 is 23.2 Å². The first kappa shape index (κ1) is 10.9. The Bertz CT molecular complexity index is 481. The van der Waals surface area contributed by atoms with Crippen molar-refractivity contribution in [2.24, 2.45) is 5.73 Å². The predicted octanol–water partition coefficient (Wildman–Crippen LogP) is 1.28. The van der Waals surface area contributed by atoms with Gasteiger partial charge in [-0.05, 0) is 24.6 Å². The third kappa shape index (κ3) is 1.75. The molecule has 16 heavy (non-hydrogen) atoms. The Hall–Kier alpha value is -1.57. The molecule has 1 amide bonds. The monoisotopic (exact) mass is 235 g/mol. The lowest BCUT2D eigenvalue weighted by atomic mass is 10.2. The molecule has 1 aliphatic heterocycles. The van der Waals surface area contributed by atoms with Crippen LogP contribution in [0.5, 0.6) is 0 Å². The van der Waals surface area contributed by atoms with Crippen molar-refractivity contribution in [2.75, 3.05) is 11.4 Å². The number of anilines is 1. The summed E-state index contributed by atoms with van der Waals surface area (Å²) in [6.45, 7) is 0.537. The number of carbonyl (C=O) groups is 1. The van der Waals surface area contributed by atoms with E-state index in [-0.39, 0.29) is 5.91 Å². The summed E-state index contributed by atoms with van der Waals surface area (Å²) in [5.41, 5.74) is 6.61. The summed E-state index contributed by atoms with van der Waals surface area (Å²) in [4.78, 5) is 13.3. The van der Waals surface area contributed by atoms with Gasteiger partial charge in [-0.1, -0.05) is 11.6 Å². The molecule has 1 unspecified atom stereocenters. The molecule has 82 valence electrons. The first-order valence-electron chi connectivity index (χ1n) is 4.90. The highest BCUT2D eigenvalue weighted by Gasteiger charge is 2.30. The fourth-order valence-electron chi connectivity index (χ4n) is 1.76. The van der Waals surface area contributed by atoms with Gasteiger partial charge in [0, 0.05) is 11.6 Å². The number of benzene rings is 1. The molecule has 1 aliphatic rings. The molecule has 2 N–H and O–H groups in total. The normalized spacial score (nSPS) is 19.9. The second kappa shape index (κ2) is 4.12. The van der Waals surface area contributed by atoms with E-state index in [1.165, 1.54) is 4.90 Å². The van der Waals surface area contributed by atoms with Crippen LogP contribution in [-0.2, 0) is 4.79 Å². The zero-order valence-electron chi connectivity index (χ0n) is 8.48. The van der Waals surface area contributed by atoms with Crippen molar-refractivity contribution in [3.63, 3.8) is 0 Å². The minimum atomic E-state index is -0.467. The van der Waals surface area contributed by atoms with Crippen LogP contribution in [0.1, 0.15) is 12.0 Å². The highest BCUT2D eigenvalue weighted by atomic mass is 35.5. The van der Waals surface area contributed by atoms with E-state index in [9.17, 15) is 4.79 Å². The summed E-state index contributed by atoms with van der Waals surface area (Å²) in [7, 11) is 0. The quantitative estimate of drug-likeness (QED) is 0.797. The van der Waals surface area contributed by atoms with Crippen LogP contribution in [0.2, 0.25) is 5.02 Å². The number of nitriles is 1. The maximum absolute atomic E-state index is 11.7. The second-order valence-corrected chi connectivity index (χ2v) is 4.09. The SMILES string of the molecule is N#Cc1ccc(Cl)cc1N1CCC(N)C1=O. The van der Waals surface area contributed by atoms with Crippen molar-refractivity contribution < 1.29 is 4.79 Å². The molecule has 0 aliphatic carbocycles. The van der Waals surface area contributed by atoms with E-state index in [4.69, 9.17) is 22.6 Å². The lowest BCUT2D eigenvalue weighted by Crippen LogP contribution is -2.34. The summed E-state index contributed by atoms with van der Waals surface area (Å²) in [6, 6.07) is 6.43. The van der Waals surface area contributed by atoms with Crippen molar-refractivity contribution in [1.82, 2.24) is 0 Å². The number of halogens is 1. The standard InChI is InChI=1S/C11H10ClN3O/c12-8-2-1-7(6-13)10(5-8)15-4-3-9(14)11(15)16/h1-2,5,9H,3-4,14H2. The van der Waals surface area contributed by atoms with Gasteiger partial charge in [-0.2, -0.15) is 5.26 Å². The largest absolute Gasteiger partial charge is 0.320 e. The van der Waals surface area contributed by atoms with Gasteiger partial charge >= 0.3 is 0 Å². The summed E-state index contributed by atoms with van der Waals surface area (Å²) in [5, 5.41) is 9.46. The van der Waals surface area contributed by atoms with Crippen LogP contribution >= 0.6 is 11.6 Å². The molecule has 5 heteroatoms. The maximum atomic E-state index is 11.7. The molecule has 1 saturated heterocycles. The Balaban J connectivity index is 2.44. The minimum Gasteiger partial charge on any atom is -0.320 e. The van der Waals surface area contributed by atoms with Gasteiger partial charge in [-0.15, -0.1) is 0 Å². The van der Waals surface area contributed by atoms with Gasteiger partial charge in [-0.25, -0.2) is 0 Å². The van der Waals surface area contributed by atoms with Gasteiger partial charge in [0.25, 0.3) is 0 Å². The number of nitrogens with zero attached hydrogens (tertiary/aromatic N) is 2. The van der Waals surface area contributed by atoms with E-state index in [0.717, 1.165) is 0 Å². The lowest BCUT2D eigenvalue weighted by Gasteiger charge is -2.17. The molecule has 1 aromatic carbocycles. The molecule has 1 aromatic rings. The smallest absolute Gasteiger partial charge is 0.244 e. The molecular formula is C11H10ClN3O. The Morgan fingerprint density at radius 2 is 2.31 bits per heavy atom. The molecule has 1 heterocycles. The average molecular weight is 236 g/mol. The molecule has 1 atom stereocenters. The van der Waals surface area contributed by atoms with Crippen molar-refractivity contribution in [3.8, 4) is 6.07 Å². The summed E-state index contributed by atoms with van der Waals surface area (Å²) in [6.07, 6.45) is 0.607. The summed E-state index contributed by atoms with van der Waals surface area (Å²) in [5.74, 6) is -0.154. The van der Waals surface area contributed by atoms with Crippen LogP contribution in [-0.4, -0.2) is 18.5 Å². The van der Waals surface area contributed by atoms with E-state index in [0.29, 0.717) is 29.2 Å². The fraction of sp³-hybridized carbons (Fsp3) is 0.273. The van der Waals surface area contributed by atoms with Crippen LogP contribution in [0.25, 0.3) is 0 Å². The molecule has 4 nitrogen and oxygen atoms in total. The van der Waals surface area contributed by atoms with Gasteiger partial charge in [0.15, 0.2) is 0 Å². The second-order valence-electron chi connectivity index (χ2n) is 3.66. The van der Waals surface area contributed by atoms with E-state index in [1.54, 1.807) is 18.2 Å². The predicted molar refractivity (Wildman–Crippen MR) is 61.1 cm³/mol. The van der Waals surface area contributed by atoms with Crippen molar-refractivity contribution in [3.05, 3.63) is 28.8 Å². The molecule has 1 fully saturated rings. The van der Waals surface area contributed by atoms with Crippen LogP contribution in [0.4, 0.5) is 5.69 Å². The fourth-order valence-corrected chi connectivity index (χ4v) is 1.93. The number of carbonyl (C=O) groups excluding carboxylic acids is 1. The molecule has 0 radical (unpaired) electrons. The van der Waals surface area contributed by atoms with Gasteiger partial charge in [0.2, 0.25) is 5.91 Å². The van der Waals surface area contributed by atoms with E-state index >= 15 is 0 Å². The Labute approximate surface area is 98.2 Å². The number of amides is 1. The highest BCUT2D eigenvalue weighted by molar-refractivity contribution is 6.31. The van der Waals surface area contributed by atoms with E-state index < -0.39 is 6.04 Å². The van der Waals surface area contributed by atoms with E-state index in [1.807, 2.05) is 6.07 Å². The molecule has 2 rings (SSSR count). The molecule has 0 bridgehead atoms. The third-order valence-corrected chi connectivity index (χ3v) is 2.85. The molecule has 0 saturated carbocycles. The highest BCUT2D eigenvalue weighted by Crippen LogP contribution is 2.27. The first-order valence-corrected chi connectivity index (χ1v) is 5.28. The zero-order valence-corrected chi connectivity index (χ0v) is 9.24. The van der Waals surface area contributed by atoms with Crippen LogP contribution in [0.3, 0.4) is 0 Å². The van der Waals surface area contributed by atoms with Crippen molar-refractivity contribution in [2.45, 2.75) is 12.5 Å². The molecular weight excluding hydrogens is 226 g/mol. The summed E-state index contributed by atoms with van der Waals surface area (Å²) < 4.78 is 0.